The molecule has 0 radical (unpaired) electrons. The number of rotatable bonds is 20. The van der Waals surface area contributed by atoms with Gasteiger partial charge in [0.1, 0.15) is 58.9 Å². The van der Waals surface area contributed by atoms with Crippen LogP contribution in [0.4, 0.5) is 8.78 Å². The van der Waals surface area contributed by atoms with Crippen molar-refractivity contribution in [3.05, 3.63) is 83.9 Å². The highest BCUT2D eigenvalue weighted by Gasteiger charge is 2.37. The predicted octanol–water partition coefficient (Wildman–Crippen LogP) is 8.64. The highest BCUT2D eigenvalue weighted by atomic mass is 32.2. The second-order valence-electron chi connectivity index (χ2n) is 23.9. The maximum Gasteiger partial charge on any atom is 0.264 e. The van der Waals surface area contributed by atoms with Gasteiger partial charge in [-0.2, -0.15) is 18.6 Å². The van der Waals surface area contributed by atoms with E-state index in [1.54, 1.807) is 64.9 Å². The van der Waals surface area contributed by atoms with Gasteiger partial charge >= 0.3 is 0 Å². The summed E-state index contributed by atoms with van der Waals surface area (Å²) in [6.07, 6.45) is 9.52. The van der Waals surface area contributed by atoms with E-state index < -0.39 is 26.3 Å². The molecule has 3 N–H and O–H groups in total. The van der Waals surface area contributed by atoms with Crippen molar-refractivity contribution in [2.75, 3.05) is 19.5 Å². The van der Waals surface area contributed by atoms with Crippen LogP contribution in [0.5, 0.6) is 0 Å². The van der Waals surface area contributed by atoms with E-state index in [1.165, 1.54) is 24.3 Å². The third-order valence-corrected chi connectivity index (χ3v) is 18.9. The monoisotopic (exact) mass is 1150 g/mol. The maximum atomic E-state index is 13.9. The lowest BCUT2D eigenvalue weighted by Gasteiger charge is -2.38. The first-order valence-corrected chi connectivity index (χ1v) is 36.2. The summed E-state index contributed by atoms with van der Waals surface area (Å²) >= 11 is 0. The van der Waals surface area contributed by atoms with Crippen LogP contribution >= 0.6 is 0 Å². The van der Waals surface area contributed by atoms with E-state index >= 15 is 0 Å². The zero-order valence-corrected chi connectivity index (χ0v) is 50.1. The fraction of sp³-hybridized carbons (Fsp3) is 0.491. The Morgan fingerprint density at radius 2 is 1.11 bits per heavy atom. The van der Waals surface area contributed by atoms with Gasteiger partial charge in [-0.1, -0.05) is 39.3 Å². The quantitative estimate of drug-likeness (QED) is 0.0368. The smallest absolute Gasteiger partial charge is 0.264 e. The molecule has 20 nitrogen and oxygen atoms in total. The van der Waals surface area contributed by atoms with E-state index in [0.29, 0.717) is 106 Å². The first kappa shape index (κ1) is 58.3. The van der Waals surface area contributed by atoms with Crippen molar-refractivity contribution in [2.24, 2.45) is 25.9 Å². The third-order valence-electron chi connectivity index (χ3n) is 14.9. The molecular weight excluding hydrogens is 1080 g/mol. The number of carbonyl (C=O) groups is 2. The van der Waals surface area contributed by atoms with E-state index in [2.05, 4.69) is 70.1 Å². The second kappa shape index (κ2) is 23.2. The minimum atomic E-state index is -3.52. The summed E-state index contributed by atoms with van der Waals surface area (Å²) in [5.41, 5.74) is 5.97. The largest absolute Gasteiger partial charge is 0.393 e. The molecule has 2 fully saturated rings. The van der Waals surface area contributed by atoms with Crippen molar-refractivity contribution in [1.82, 2.24) is 59.3 Å². The molecule has 2 unspecified atom stereocenters. The van der Waals surface area contributed by atoms with E-state index in [4.69, 9.17) is 23.6 Å². The molecule has 6 aromatic heterocycles. The second-order valence-corrected chi connectivity index (χ2v) is 36.8. The van der Waals surface area contributed by atoms with E-state index in [1.807, 2.05) is 18.4 Å². The first-order chi connectivity index (χ1) is 37.7. The van der Waals surface area contributed by atoms with Crippen molar-refractivity contribution >= 4 is 82.2 Å². The number of hydrogen-bond acceptors (Lipinski definition) is 14. The van der Waals surface area contributed by atoms with Crippen molar-refractivity contribution < 1.29 is 45.6 Å². The lowest BCUT2D eigenvalue weighted by molar-refractivity contribution is 0.0269. The summed E-state index contributed by atoms with van der Waals surface area (Å²) in [4.78, 5) is 46.0. The van der Waals surface area contributed by atoms with Crippen molar-refractivity contribution in [2.45, 2.75) is 129 Å². The number of amides is 2. The third kappa shape index (κ3) is 13.5. The Morgan fingerprint density at radius 1 is 0.700 bits per heavy atom. The zero-order valence-electron chi connectivity index (χ0n) is 47.2. The van der Waals surface area contributed by atoms with Crippen molar-refractivity contribution in [1.29, 1.82) is 0 Å². The number of aliphatic hydroxyl groups is 1. The molecule has 0 bridgehead atoms. The maximum absolute atomic E-state index is 13.9. The minimum absolute atomic E-state index is 0.0805. The number of aryl methyl sites for hydroxylation is 2. The molecule has 2 atom stereocenters. The fourth-order valence-corrected chi connectivity index (χ4v) is 12.1. The summed E-state index contributed by atoms with van der Waals surface area (Å²) in [6, 6.07) is 10.7. The molecule has 8 aromatic rings. The molecule has 2 aliphatic carbocycles. The molecule has 6 heterocycles. The molecule has 0 saturated heterocycles. The van der Waals surface area contributed by atoms with Crippen LogP contribution in [0.3, 0.4) is 0 Å². The highest BCUT2D eigenvalue weighted by molar-refractivity contribution is 7.86. The zero-order chi connectivity index (χ0) is 57.6. The lowest BCUT2D eigenvalue weighted by Crippen LogP contribution is -2.46. The van der Waals surface area contributed by atoms with Gasteiger partial charge in [0.25, 0.3) is 21.9 Å². The average molecular weight is 1160 g/mol. The molecule has 10 rings (SSSR count). The minimum Gasteiger partial charge on any atom is -0.393 e. The predicted molar refractivity (Wildman–Crippen MR) is 308 cm³/mol. The average Bonchev–Trinajstić information content (AvgIpc) is 4.31. The van der Waals surface area contributed by atoms with Crippen LogP contribution in [-0.4, -0.2) is 134 Å². The van der Waals surface area contributed by atoms with Crippen LogP contribution in [0.25, 0.3) is 66.9 Å². The SMILES string of the molecule is CC(NC(=O)c1cn(COCC[Si](C)(C)C)c2ncc(-c3nn(C)c4cc(F)ccc34)nc12)C1CC(O)C1.CC(NC(=O)c1cn(COCC[Si](C)(C)C)c2ncc(-c3nn(C)c4cc(F)ccc34)nc12)C1CC(OS(C)(=O)=O)C1. The summed E-state index contributed by atoms with van der Waals surface area (Å²) in [5, 5.41) is 26.4. The Hall–Kier alpha value is -6.36. The summed E-state index contributed by atoms with van der Waals surface area (Å²) < 4.78 is 74.4. The first-order valence-electron chi connectivity index (χ1n) is 27.0. The lowest BCUT2D eigenvalue weighted by atomic mass is 9.78. The number of nitrogens with one attached hydrogen (secondary N) is 2. The Balaban J connectivity index is 0.000000195. The number of aromatic nitrogens is 10. The van der Waals surface area contributed by atoms with Gasteiger partial charge in [0, 0.05) is 78.7 Å². The number of benzene rings is 2. The molecule has 2 saturated carbocycles. The van der Waals surface area contributed by atoms with Gasteiger partial charge in [-0.05, 0) is 99.9 Å². The number of hydrogen-bond donors (Lipinski definition) is 3. The molecule has 2 aliphatic rings. The number of ether oxygens (including phenoxy) is 2. The van der Waals surface area contributed by atoms with Gasteiger partial charge in [-0.15, -0.1) is 0 Å². The van der Waals surface area contributed by atoms with Crippen LogP contribution in [0.15, 0.2) is 61.2 Å². The molecular formula is C55H72F2N12O8SSi2. The number of halogens is 2. The normalized spacial score (nSPS) is 18.5. The van der Waals surface area contributed by atoms with Gasteiger partial charge in [0.15, 0.2) is 11.3 Å². The van der Waals surface area contributed by atoms with Crippen molar-refractivity contribution in [3.63, 3.8) is 0 Å². The number of aliphatic hydroxyl groups excluding tert-OH is 1. The number of nitrogens with zero attached hydrogens (tertiary/aromatic N) is 10. The molecule has 2 amide bonds. The standard InChI is InChI=1S/C28H37FN6O5SSi.C27H35FN6O3Si/c1-17(18-11-20(12-18)40-41(3,37)38)31-28(36)22-15-35(16-39-9-10-42(4,5)6)27-26(22)32-23(14-30-27)25-21-8-7-19(29)13-24(21)34(2)33-25;1-16(17-10-19(35)11-17)30-27(36)21-14-34(15-37-8-9-38(3,4)5)26-25(21)31-22(13-29-26)24-20-7-6-18(28)12-23(20)33(2)32-24/h7-8,13-15,17-18,20H,9-12,16H2,1-6H3,(H,31,36);6-7,12-14,16-17,19,35H,8-11,15H2,1-5H3,(H,30,36). The summed E-state index contributed by atoms with van der Waals surface area (Å²) in [7, 11) is -2.55. The van der Waals surface area contributed by atoms with Crippen LogP contribution in [-0.2, 0) is 51.3 Å². The molecule has 80 heavy (non-hydrogen) atoms. The Labute approximate surface area is 465 Å². The Kier molecular flexibility index (Phi) is 16.9. The summed E-state index contributed by atoms with van der Waals surface area (Å²) in [6.45, 7) is 19.3. The van der Waals surface area contributed by atoms with Crippen molar-refractivity contribution in [3.8, 4) is 22.8 Å². The Bertz CT molecular complexity index is 3710. The van der Waals surface area contributed by atoms with E-state index in [-0.39, 0.29) is 73.0 Å². The van der Waals surface area contributed by atoms with Gasteiger partial charge < -0.3 is 34.3 Å². The van der Waals surface area contributed by atoms with Gasteiger partial charge in [-0.25, -0.2) is 28.7 Å². The van der Waals surface area contributed by atoms with E-state index in [0.717, 1.165) is 29.1 Å². The van der Waals surface area contributed by atoms with Crippen LogP contribution in [0.1, 0.15) is 60.2 Å². The van der Waals surface area contributed by atoms with Crippen LogP contribution in [0.2, 0.25) is 51.4 Å². The number of fused-ring (bicyclic) bond motifs is 4. The molecule has 0 aliphatic heterocycles. The summed E-state index contributed by atoms with van der Waals surface area (Å²) in [5.74, 6) is -0.940. The van der Waals surface area contributed by atoms with Gasteiger partial charge in [0.05, 0.1) is 53.0 Å². The molecule has 25 heteroatoms. The topological polar surface area (TPSA) is 237 Å². The fourth-order valence-electron chi connectivity index (χ4n) is 9.97. The number of carbonyl (C=O) groups excluding carboxylic acids is 2. The molecule has 428 valence electrons. The van der Waals surface area contributed by atoms with Crippen LogP contribution < -0.4 is 10.6 Å². The molecule has 2 aromatic carbocycles. The molecule has 0 spiro atoms. The van der Waals surface area contributed by atoms with Gasteiger partial charge in [-0.3, -0.25) is 23.1 Å². The van der Waals surface area contributed by atoms with Gasteiger partial charge in [0.2, 0.25) is 0 Å². The van der Waals surface area contributed by atoms with E-state index in [9.17, 15) is 31.9 Å². The highest BCUT2D eigenvalue weighted by Crippen LogP contribution is 2.35. The van der Waals surface area contributed by atoms with Crippen LogP contribution in [0, 0.1) is 23.5 Å². The Morgan fingerprint density at radius 3 is 1.50 bits per heavy atom.